The molecule has 1 N–H and O–H groups in total. The van der Waals surface area contributed by atoms with E-state index in [2.05, 4.69) is 4.98 Å². The number of hydrogen-bond donors (Lipinski definition) is 1. The van der Waals surface area contributed by atoms with E-state index in [4.69, 9.17) is 14.2 Å². The second-order valence-corrected chi connectivity index (χ2v) is 5.55. The highest BCUT2D eigenvalue weighted by atomic mass is 16.5. The first-order valence-electron chi connectivity index (χ1n) is 7.90. The van der Waals surface area contributed by atoms with Crippen molar-refractivity contribution in [3.05, 3.63) is 53.9 Å². The average Bonchev–Trinajstić information content (AvgIpc) is 3.31. The second-order valence-electron chi connectivity index (χ2n) is 5.55. The van der Waals surface area contributed by atoms with Gasteiger partial charge in [-0.05, 0) is 49.2 Å². The molecule has 1 aliphatic heterocycles. The van der Waals surface area contributed by atoms with Crippen LogP contribution in [0.3, 0.4) is 0 Å². The van der Waals surface area contributed by atoms with Crippen LogP contribution in [-0.2, 0) is 9.47 Å². The summed E-state index contributed by atoms with van der Waals surface area (Å²) in [5, 5.41) is 0. The molecule has 1 saturated heterocycles. The Balaban J connectivity index is 1.47. The number of hydrogen-bond acceptors (Lipinski definition) is 5. The van der Waals surface area contributed by atoms with Gasteiger partial charge in [0.1, 0.15) is 12.4 Å². The van der Waals surface area contributed by atoms with E-state index < -0.39 is 5.97 Å². The molecular weight excluding hydrogens is 310 g/mol. The molecule has 0 saturated carbocycles. The molecule has 1 atom stereocenters. The molecule has 2 heterocycles. The number of benzene rings is 1. The van der Waals surface area contributed by atoms with Crippen molar-refractivity contribution < 1.29 is 23.8 Å². The van der Waals surface area contributed by atoms with Crippen LogP contribution in [0.1, 0.15) is 33.7 Å². The Kier molecular flexibility index (Phi) is 5.28. The van der Waals surface area contributed by atoms with Gasteiger partial charge in [-0.3, -0.25) is 4.79 Å². The Morgan fingerprint density at radius 1 is 1.21 bits per heavy atom. The van der Waals surface area contributed by atoms with E-state index in [-0.39, 0.29) is 18.5 Å². The first kappa shape index (κ1) is 16.3. The van der Waals surface area contributed by atoms with Crippen molar-refractivity contribution in [2.24, 2.45) is 0 Å². The van der Waals surface area contributed by atoms with Crippen molar-refractivity contribution >= 4 is 11.8 Å². The van der Waals surface area contributed by atoms with E-state index in [1.165, 1.54) is 0 Å². The van der Waals surface area contributed by atoms with Crippen molar-refractivity contribution in [3.8, 4) is 5.75 Å². The topological polar surface area (TPSA) is 77.6 Å². The van der Waals surface area contributed by atoms with Gasteiger partial charge in [0.05, 0.1) is 17.4 Å². The quantitative estimate of drug-likeness (QED) is 0.624. The van der Waals surface area contributed by atoms with Crippen LogP contribution in [0, 0.1) is 0 Å². The molecule has 1 aliphatic rings. The smallest absolute Gasteiger partial charge is 0.338 e. The molecule has 0 spiro atoms. The van der Waals surface area contributed by atoms with E-state index in [0.29, 0.717) is 23.6 Å². The fourth-order valence-electron chi connectivity index (χ4n) is 2.45. The van der Waals surface area contributed by atoms with Gasteiger partial charge in [0, 0.05) is 12.8 Å². The summed E-state index contributed by atoms with van der Waals surface area (Å²) in [5.41, 5.74) is 0.791. The molecule has 1 aromatic carbocycles. The molecule has 6 heteroatoms. The molecular formula is C18H19NO5. The molecule has 2 aromatic rings. The third-order valence-electron chi connectivity index (χ3n) is 3.78. The molecule has 1 aromatic heterocycles. The number of Topliss-reactive ketones (excluding diaryl/α,β-unsaturated/α-hetero) is 1. The van der Waals surface area contributed by atoms with Crippen LogP contribution in [0.4, 0.5) is 0 Å². The SMILES string of the molecule is O=C(OCC(=O)c1ccc[nH]1)c1ccc(OC[C@H]2CCCO2)cc1. The summed E-state index contributed by atoms with van der Waals surface area (Å²) in [6.45, 7) is 1.01. The zero-order chi connectivity index (χ0) is 16.8. The van der Waals surface area contributed by atoms with Crippen molar-refractivity contribution in [1.82, 2.24) is 4.98 Å². The van der Waals surface area contributed by atoms with Crippen LogP contribution in [0.2, 0.25) is 0 Å². The summed E-state index contributed by atoms with van der Waals surface area (Å²) >= 11 is 0. The van der Waals surface area contributed by atoms with Gasteiger partial charge in [-0.2, -0.15) is 0 Å². The third kappa shape index (κ3) is 4.23. The maximum Gasteiger partial charge on any atom is 0.338 e. The number of carbonyl (C=O) groups excluding carboxylic acids is 2. The fourth-order valence-corrected chi connectivity index (χ4v) is 2.45. The summed E-state index contributed by atoms with van der Waals surface area (Å²) in [6.07, 6.45) is 3.87. The van der Waals surface area contributed by atoms with E-state index in [1.807, 2.05) is 0 Å². The van der Waals surface area contributed by atoms with Crippen molar-refractivity contribution in [2.75, 3.05) is 19.8 Å². The molecule has 3 rings (SSSR count). The van der Waals surface area contributed by atoms with Gasteiger partial charge < -0.3 is 19.2 Å². The van der Waals surface area contributed by atoms with Gasteiger partial charge >= 0.3 is 5.97 Å². The highest BCUT2D eigenvalue weighted by Crippen LogP contribution is 2.17. The number of esters is 1. The normalized spacial score (nSPS) is 16.8. The van der Waals surface area contributed by atoms with E-state index >= 15 is 0 Å². The number of H-pyrrole nitrogens is 1. The van der Waals surface area contributed by atoms with Gasteiger partial charge in [-0.25, -0.2) is 4.79 Å². The number of rotatable bonds is 7. The predicted octanol–water partition coefficient (Wildman–Crippen LogP) is 2.61. The Morgan fingerprint density at radius 2 is 2.04 bits per heavy atom. The Labute approximate surface area is 139 Å². The number of aromatic nitrogens is 1. The van der Waals surface area contributed by atoms with Crippen LogP contribution >= 0.6 is 0 Å². The first-order valence-corrected chi connectivity index (χ1v) is 7.90. The highest BCUT2D eigenvalue weighted by molar-refractivity contribution is 5.98. The monoisotopic (exact) mass is 329 g/mol. The Morgan fingerprint density at radius 3 is 2.71 bits per heavy atom. The summed E-state index contributed by atoms with van der Waals surface area (Å²) in [7, 11) is 0. The minimum atomic E-state index is -0.541. The standard InChI is InChI=1S/C18H19NO5/c20-17(16-4-1-9-19-16)12-24-18(21)13-5-7-14(8-6-13)23-11-15-3-2-10-22-15/h1,4-9,15,19H,2-3,10-12H2/t15-/m1/s1. The van der Waals surface area contributed by atoms with Gasteiger partial charge in [-0.15, -0.1) is 0 Å². The summed E-state index contributed by atoms with van der Waals surface area (Å²) in [4.78, 5) is 26.5. The average molecular weight is 329 g/mol. The lowest BCUT2D eigenvalue weighted by atomic mass is 10.2. The zero-order valence-corrected chi connectivity index (χ0v) is 13.2. The highest BCUT2D eigenvalue weighted by Gasteiger charge is 2.16. The lowest BCUT2D eigenvalue weighted by Crippen LogP contribution is -2.16. The number of nitrogens with one attached hydrogen (secondary N) is 1. The van der Waals surface area contributed by atoms with Gasteiger partial charge in [0.25, 0.3) is 0 Å². The van der Waals surface area contributed by atoms with Crippen molar-refractivity contribution in [2.45, 2.75) is 18.9 Å². The van der Waals surface area contributed by atoms with Crippen LogP contribution in [0.25, 0.3) is 0 Å². The van der Waals surface area contributed by atoms with Crippen LogP contribution in [-0.4, -0.2) is 42.7 Å². The van der Waals surface area contributed by atoms with Crippen molar-refractivity contribution in [1.29, 1.82) is 0 Å². The number of carbonyl (C=O) groups is 2. The molecule has 126 valence electrons. The van der Waals surface area contributed by atoms with Crippen LogP contribution < -0.4 is 4.74 Å². The molecule has 24 heavy (non-hydrogen) atoms. The predicted molar refractivity (Wildman–Crippen MR) is 86.3 cm³/mol. The molecule has 0 aliphatic carbocycles. The molecule has 0 unspecified atom stereocenters. The van der Waals surface area contributed by atoms with Crippen LogP contribution in [0.5, 0.6) is 5.75 Å². The lowest BCUT2D eigenvalue weighted by molar-refractivity contribution is 0.0473. The maximum atomic E-state index is 12.0. The molecule has 0 amide bonds. The fraction of sp³-hybridized carbons (Fsp3) is 0.333. The number of ketones is 1. The van der Waals surface area contributed by atoms with Crippen molar-refractivity contribution in [3.63, 3.8) is 0 Å². The minimum Gasteiger partial charge on any atom is -0.491 e. The largest absolute Gasteiger partial charge is 0.491 e. The van der Waals surface area contributed by atoms with E-state index in [1.54, 1.807) is 42.6 Å². The summed E-state index contributed by atoms with van der Waals surface area (Å²) in [6, 6.07) is 10.00. The molecule has 0 bridgehead atoms. The zero-order valence-electron chi connectivity index (χ0n) is 13.2. The van der Waals surface area contributed by atoms with Gasteiger partial charge in [0.2, 0.25) is 5.78 Å². The van der Waals surface area contributed by atoms with E-state index in [9.17, 15) is 9.59 Å². The number of aromatic amines is 1. The molecule has 1 fully saturated rings. The summed E-state index contributed by atoms with van der Waals surface area (Å²) in [5.74, 6) is -0.144. The number of ether oxygens (including phenoxy) is 3. The van der Waals surface area contributed by atoms with Gasteiger partial charge in [-0.1, -0.05) is 0 Å². The lowest BCUT2D eigenvalue weighted by Gasteiger charge is -2.11. The molecule has 0 radical (unpaired) electrons. The summed E-state index contributed by atoms with van der Waals surface area (Å²) < 4.78 is 16.1. The van der Waals surface area contributed by atoms with Gasteiger partial charge in [0.15, 0.2) is 6.61 Å². The third-order valence-corrected chi connectivity index (χ3v) is 3.78. The van der Waals surface area contributed by atoms with Crippen LogP contribution in [0.15, 0.2) is 42.6 Å². The first-order chi connectivity index (χ1) is 11.7. The maximum absolute atomic E-state index is 12.0. The molecule has 6 nitrogen and oxygen atoms in total. The Bertz CT molecular complexity index is 672. The minimum absolute atomic E-state index is 0.147. The van der Waals surface area contributed by atoms with E-state index in [0.717, 1.165) is 19.4 Å². The second kappa shape index (κ2) is 7.79. The Hall–Kier alpha value is -2.60.